The van der Waals surface area contributed by atoms with E-state index in [0.29, 0.717) is 13.0 Å². The van der Waals surface area contributed by atoms with Gasteiger partial charge < -0.3 is 0 Å². The van der Waals surface area contributed by atoms with Crippen LogP contribution in [0.3, 0.4) is 0 Å². The van der Waals surface area contributed by atoms with Gasteiger partial charge in [0.05, 0.1) is 23.1 Å². The molecule has 1 aromatic heterocycles. The first-order valence-corrected chi connectivity index (χ1v) is 9.99. The van der Waals surface area contributed by atoms with Crippen molar-refractivity contribution in [3.05, 3.63) is 42.7 Å². The third-order valence-electron chi connectivity index (χ3n) is 4.93. The van der Waals surface area contributed by atoms with Gasteiger partial charge in [0.1, 0.15) is 9.84 Å². The number of hydrogen-bond acceptors (Lipinski definition) is 5. The van der Waals surface area contributed by atoms with Crippen LogP contribution in [0.1, 0.15) is 19.3 Å². The number of carbonyl (C=O) groups excluding carboxylic acids is 1. The molecule has 25 heavy (non-hydrogen) atoms. The van der Waals surface area contributed by atoms with Crippen molar-refractivity contribution in [2.75, 3.05) is 11.5 Å². The van der Waals surface area contributed by atoms with Crippen molar-refractivity contribution in [2.45, 2.75) is 25.8 Å². The Balaban J connectivity index is 1.72. The van der Waals surface area contributed by atoms with Gasteiger partial charge in [0, 0.05) is 18.3 Å². The molecule has 0 unspecified atom stereocenters. The highest BCUT2D eigenvalue weighted by molar-refractivity contribution is 7.91. The summed E-state index contributed by atoms with van der Waals surface area (Å²) in [5, 5.41) is 13.4. The Morgan fingerprint density at radius 3 is 2.52 bits per heavy atom. The number of nitrogens with zero attached hydrogens (tertiary/aromatic N) is 2. The van der Waals surface area contributed by atoms with Gasteiger partial charge in [-0.1, -0.05) is 30.3 Å². The second kappa shape index (κ2) is 6.97. The summed E-state index contributed by atoms with van der Waals surface area (Å²) >= 11 is 0. The number of rotatable bonds is 5. The molecule has 1 amide bonds. The fraction of sp³-hybridized carbons (Fsp3) is 0.412. The number of aryl methyl sites for hydroxylation is 1. The molecule has 1 fully saturated rings. The molecule has 0 spiro atoms. The highest BCUT2D eigenvalue weighted by atomic mass is 32.2. The van der Waals surface area contributed by atoms with Crippen molar-refractivity contribution in [3.63, 3.8) is 0 Å². The zero-order chi connectivity index (χ0) is 17.9. The Morgan fingerprint density at radius 2 is 1.88 bits per heavy atom. The first kappa shape index (κ1) is 17.6. The van der Waals surface area contributed by atoms with E-state index in [4.69, 9.17) is 5.21 Å². The van der Waals surface area contributed by atoms with Gasteiger partial charge in [-0.15, -0.1) is 0 Å². The number of hydroxylamine groups is 1. The highest BCUT2D eigenvalue weighted by Crippen LogP contribution is 2.37. The summed E-state index contributed by atoms with van der Waals surface area (Å²) in [5.41, 5.74) is 2.87. The van der Waals surface area contributed by atoms with E-state index in [1.54, 1.807) is 16.4 Å². The molecule has 0 atom stereocenters. The molecule has 2 heterocycles. The summed E-state index contributed by atoms with van der Waals surface area (Å²) in [7, 11) is -3.09. The molecular formula is C17H21N3O4S. The molecule has 134 valence electrons. The van der Waals surface area contributed by atoms with E-state index in [0.717, 1.165) is 11.1 Å². The maximum Gasteiger partial charge on any atom is 0.249 e. The van der Waals surface area contributed by atoms with Crippen molar-refractivity contribution >= 4 is 15.7 Å². The third-order valence-corrected chi connectivity index (χ3v) is 6.58. The maximum atomic E-state index is 12.2. The Labute approximate surface area is 146 Å². The molecule has 0 bridgehead atoms. The smallest absolute Gasteiger partial charge is 0.249 e. The summed E-state index contributed by atoms with van der Waals surface area (Å²) < 4.78 is 25.1. The summed E-state index contributed by atoms with van der Waals surface area (Å²) in [4.78, 5) is 12.2. The van der Waals surface area contributed by atoms with Crippen LogP contribution >= 0.6 is 0 Å². The van der Waals surface area contributed by atoms with E-state index in [9.17, 15) is 13.2 Å². The number of hydrogen-bond donors (Lipinski definition) is 2. The van der Waals surface area contributed by atoms with Gasteiger partial charge in [-0.25, -0.2) is 13.9 Å². The quantitative estimate of drug-likeness (QED) is 0.621. The number of sulfone groups is 1. The van der Waals surface area contributed by atoms with Crippen molar-refractivity contribution in [1.29, 1.82) is 0 Å². The van der Waals surface area contributed by atoms with Gasteiger partial charge in [-0.3, -0.25) is 14.7 Å². The number of aromatic nitrogens is 2. The van der Waals surface area contributed by atoms with Crippen molar-refractivity contribution in [3.8, 4) is 11.1 Å². The van der Waals surface area contributed by atoms with Gasteiger partial charge in [0.15, 0.2) is 0 Å². The first-order valence-electron chi connectivity index (χ1n) is 8.17. The molecule has 1 saturated heterocycles. The molecule has 0 radical (unpaired) electrons. The third kappa shape index (κ3) is 3.91. The van der Waals surface area contributed by atoms with Crippen LogP contribution in [0.15, 0.2) is 42.7 Å². The van der Waals surface area contributed by atoms with E-state index < -0.39 is 21.2 Å². The highest BCUT2D eigenvalue weighted by Gasteiger charge is 2.43. The van der Waals surface area contributed by atoms with Crippen LogP contribution in [-0.4, -0.2) is 40.8 Å². The summed E-state index contributed by atoms with van der Waals surface area (Å²) in [6.07, 6.45) is 4.52. The zero-order valence-electron chi connectivity index (χ0n) is 13.8. The SMILES string of the molecule is O=C(NO)C1(CCn2cc(-c3ccccc3)cn2)CCS(=O)(=O)CC1. The zero-order valence-corrected chi connectivity index (χ0v) is 14.6. The molecule has 2 N–H and O–H groups in total. The minimum atomic E-state index is -3.09. The fourth-order valence-corrected chi connectivity index (χ4v) is 4.84. The van der Waals surface area contributed by atoms with Crippen molar-refractivity contribution in [1.82, 2.24) is 15.3 Å². The van der Waals surface area contributed by atoms with Gasteiger partial charge in [-0.05, 0) is 24.8 Å². The predicted octanol–water partition coefficient (Wildman–Crippen LogP) is 1.64. The van der Waals surface area contributed by atoms with Crippen LogP contribution in [0.5, 0.6) is 0 Å². The van der Waals surface area contributed by atoms with Crippen LogP contribution in [0.2, 0.25) is 0 Å². The van der Waals surface area contributed by atoms with Gasteiger partial charge >= 0.3 is 0 Å². The molecule has 2 aromatic rings. The van der Waals surface area contributed by atoms with Gasteiger partial charge in [0.25, 0.3) is 0 Å². The number of carbonyl (C=O) groups is 1. The minimum Gasteiger partial charge on any atom is -0.289 e. The van der Waals surface area contributed by atoms with Crippen LogP contribution in [0.25, 0.3) is 11.1 Å². The molecule has 1 aliphatic heterocycles. The summed E-state index contributed by atoms with van der Waals surface area (Å²) in [5.74, 6) is -0.582. The predicted molar refractivity (Wildman–Crippen MR) is 92.5 cm³/mol. The first-order chi connectivity index (χ1) is 11.9. The Hall–Kier alpha value is -2.19. The van der Waals surface area contributed by atoms with Crippen LogP contribution < -0.4 is 5.48 Å². The monoisotopic (exact) mass is 363 g/mol. The molecule has 3 rings (SSSR count). The second-order valence-corrected chi connectivity index (χ2v) is 8.78. The standard InChI is InChI=1S/C17H21N3O4S/c21-16(19-22)17(7-10-25(23,24)11-8-17)6-9-20-13-15(12-18-20)14-4-2-1-3-5-14/h1-5,12-13,22H,6-11H2,(H,19,21). The van der Waals surface area contributed by atoms with E-state index in [-0.39, 0.29) is 24.3 Å². The second-order valence-electron chi connectivity index (χ2n) is 6.48. The van der Waals surface area contributed by atoms with Crippen LogP contribution in [-0.2, 0) is 21.2 Å². The normalized spacial score (nSPS) is 18.6. The summed E-state index contributed by atoms with van der Waals surface area (Å²) in [6, 6.07) is 9.84. The van der Waals surface area contributed by atoms with Crippen molar-refractivity contribution < 1.29 is 18.4 Å². The van der Waals surface area contributed by atoms with E-state index >= 15 is 0 Å². The van der Waals surface area contributed by atoms with E-state index in [1.165, 1.54) is 0 Å². The molecule has 7 nitrogen and oxygen atoms in total. The Bertz CT molecular complexity index is 832. The minimum absolute atomic E-state index is 0.0329. The van der Waals surface area contributed by atoms with Gasteiger partial charge in [-0.2, -0.15) is 5.10 Å². The molecular weight excluding hydrogens is 342 g/mol. The Morgan fingerprint density at radius 1 is 1.20 bits per heavy atom. The van der Waals surface area contributed by atoms with E-state index in [1.807, 2.05) is 36.5 Å². The van der Waals surface area contributed by atoms with Gasteiger partial charge in [0.2, 0.25) is 5.91 Å². The lowest BCUT2D eigenvalue weighted by atomic mass is 9.78. The average molecular weight is 363 g/mol. The maximum absolute atomic E-state index is 12.2. The van der Waals surface area contributed by atoms with Crippen LogP contribution in [0, 0.1) is 5.41 Å². The molecule has 0 saturated carbocycles. The molecule has 0 aliphatic carbocycles. The lowest BCUT2D eigenvalue weighted by molar-refractivity contribution is -0.141. The topological polar surface area (TPSA) is 101 Å². The summed E-state index contributed by atoms with van der Waals surface area (Å²) in [6.45, 7) is 0.473. The van der Waals surface area contributed by atoms with Crippen LogP contribution in [0.4, 0.5) is 0 Å². The molecule has 1 aromatic carbocycles. The largest absolute Gasteiger partial charge is 0.289 e. The lowest BCUT2D eigenvalue weighted by Crippen LogP contribution is -2.45. The Kier molecular flexibility index (Phi) is 4.91. The average Bonchev–Trinajstić information content (AvgIpc) is 3.10. The number of nitrogens with one attached hydrogen (secondary N) is 1. The number of benzene rings is 1. The molecule has 1 aliphatic rings. The lowest BCUT2D eigenvalue weighted by Gasteiger charge is -2.34. The molecule has 8 heteroatoms. The fourth-order valence-electron chi connectivity index (χ4n) is 3.23. The van der Waals surface area contributed by atoms with Crippen molar-refractivity contribution in [2.24, 2.45) is 5.41 Å². The van der Waals surface area contributed by atoms with E-state index in [2.05, 4.69) is 5.10 Å². The number of amides is 1.